The molecule has 2 unspecified atom stereocenters. The number of rotatable bonds is 6. The molecule has 0 saturated heterocycles. The highest BCUT2D eigenvalue weighted by Crippen LogP contribution is 2.20. The molecular weight excluding hydrogens is 217 g/mol. The van der Waals surface area contributed by atoms with E-state index in [1.165, 1.54) is 6.07 Å². The van der Waals surface area contributed by atoms with Gasteiger partial charge in [-0.25, -0.2) is 4.39 Å². The van der Waals surface area contributed by atoms with Gasteiger partial charge >= 0.3 is 0 Å². The van der Waals surface area contributed by atoms with Crippen molar-refractivity contribution >= 4 is 0 Å². The second-order valence-electron chi connectivity index (χ2n) is 4.56. The van der Waals surface area contributed by atoms with E-state index in [2.05, 4.69) is 19.2 Å². The van der Waals surface area contributed by atoms with Gasteiger partial charge in [-0.3, -0.25) is 0 Å². The number of hydrogen-bond acceptors (Lipinski definition) is 2. The third-order valence-corrected chi connectivity index (χ3v) is 2.65. The maximum atomic E-state index is 13.5. The first-order chi connectivity index (χ1) is 8.02. The highest BCUT2D eigenvalue weighted by atomic mass is 19.1. The zero-order valence-electron chi connectivity index (χ0n) is 11.1. The Labute approximate surface area is 103 Å². The monoisotopic (exact) mass is 239 g/mol. The molecule has 17 heavy (non-hydrogen) atoms. The van der Waals surface area contributed by atoms with Crippen LogP contribution in [0.4, 0.5) is 4.39 Å². The molecule has 1 rings (SSSR count). The van der Waals surface area contributed by atoms with E-state index in [0.717, 1.165) is 18.5 Å². The van der Waals surface area contributed by atoms with Crippen molar-refractivity contribution in [3.8, 4) is 5.75 Å². The fourth-order valence-corrected chi connectivity index (χ4v) is 1.90. The molecule has 1 aromatic carbocycles. The van der Waals surface area contributed by atoms with E-state index >= 15 is 0 Å². The van der Waals surface area contributed by atoms with Crippen molar-refractivity contribution in [1.82, 2.24) is 5.32 Å². The van der Waals surface area contributed by atoms with Crippen LogP contribution in [0.25, 0.3) is 0 Å². The maximum Gasteiger partial charge on any atom is 0.165 e. The minimum Gasteiger partial charge on any atom is -0.488 e. The van der Waals surface area contributed by atoms with Gasteiger partial charge in [-0.2, -0.15) is 0 Å². The van der Waals surface area contributed by atoms with Crippen LogP contribution >= 0.6 is 0 Å². The third-order valence-electron chi connectivity index (χ3n) is 2.65. The van der Waals surface area contributed by atoms with Gasteiger partial charge in [-0.15, -0.1) is 0 Å². The Bertz CT molecular complexity index is 354. The molecule has 0 aromatic heterocycles. The average molecular weight is 239 g/mol. The SMILES string of the molecule is CCNC(C)CC(C)Oc1cc(C)ccc1F. The van der Waals surface area contributed by atoms with Gasteiger partial charge in [0, 0.05) is 6.04 Å². The average Bonchev–Trinajstić information content (AvgIpc) is 2.23. The molecule has 0 fully saturated rings. The minimum atomic E-state index is -0.293. The van der Waals surface area contributed by atoms with E-state index < -0.39 is 0 Å². The Kier molecular flexibility index (Phi) is 5.42. The third kappa shape index (κ3) is 4.73. The van der Waals surface area contributed by atoms with Gasteiger partial charge in [0.05, 0.1) is 6.10 Å². The summed E-state index contributed by atoms with van der Waals surface area (Å²) >= 11 is 0. The second-order valence-corrected chi connectivity index (χ2v) is 4.56. The number of aryl methyl sites for hydroxylation is 1. The van der Waals surface area contributed by atoms with Crippen LogP contribution < -0.4 is 10.1 Å². The number of nitrogens with one attached hydrogen (secondary N) is 1. The molecule has 96 valence electrons. The zero-order valence-corrected chi connectivity index (χ0v) is 11.1. The van der Waals surface area contributed by atoms with Gasteiger partial charge < -0.3 is 10.1 Å². The molecule has 0 heterocycles. The summed E-state index contributed by atoms with van der Waals surface area (Å²) < 4.78 is 19.1. The normalized spacial score (nSPS) is 14.4. The van der Waals surface area contributed by atoms with E-state index in [0.29, 0.717) is 11.8 Å². The fourth-order valence-electron chi connectivity index (χ4n) is 1.90. The summed E-state index contributed by atoms with van der Waals surface area (Å²) in [5, 5.41) is 3.31. The molecule has 0 aliphatic rings. The summed E-state index contributed by atoms with van der Waals surface area (Å²) in [6, 6.07) is 5.31. The molecule has 0 aliphatic carbocycles. The van der Waals surface area contributed by atoms with Crippen molar-refractivity contribution in [2.45, 2.75) is 46.3 Å². The lowest BCUT2D eigenvalue weighted by atomic mass is 10.1. The van der Waals surface area contributed by atoms with E-state index in [-0.39, 0.29) is 11.9 Å². The highest BCUT2D eigenvalue weighted by molar-refractivity contribution is 5.29. The summed E-state index contributed by atoms with van der Waals surface area (Å²) in [6.45, 7) is 9.01. The van der Waals surface area contributed by atoms with E-state index in [1.807, 2.05) is 13.8 Å². The predicted octanol–water partition coefficient (Wildman–Crippen LogP) is 3.29. The highest BCUT2D eigenvalue weighted by Gasteiger charge is 2.11. The fraction of sp³-hybridized carbons (Fsp3) is 0.571. The Balaban J connectivity index is 2.55. The lowest BCUT2D eigenvalue weighted by Gasteiger charge is -2.20. The van der Waals surface area contributed by atoms with Crippen LogP contribution in [0, 0.1) is 12.7 Å². The summed E-state index contributed by atoms with van der Waals surface area (Å²) in [6.07, 6.45) is 0.863. The molecule has 0 bridgehead atoms. The van der Waals surface area contributed by atoms with Crippen LogP contribution in [0.15, 0.2) is 18.2 Å². The van der Waals surface area contributed by atoms with Crippen LogP contribution in [-0.4, -0.2) is 18.7 Å². The Morgan fingerprint density at radius 1 is 1.35 bits per heavy atom. The van der Waals surface area contributed by atoms with Gasteiger partial charge in [-0.1, -0.05) is 13.0 Å². The molecular formula is C14H22FNO. The van der Waals surface area contributed by atoms with Gasteiger partial charge in [-0.05, 0) is 51.4 Å². The first-order valence-corrected chi connectivity index (χ1v) is 6.19. The minimum absolute atomic E-state index is 0.000324. The molecule has 2 atom stereocenters. The van der Waals surface area contributed by atoms with Crippen molar-refractivity contribution in [3.63, 3.8) is 0 Å². The molecule has 0 spiro atoms. The first-order valence-electron chi connectivity index (χ1n) is 6.19. The first kappa shape index (κ1) is 14.0. The zero-order chi connectivity index (χ0) is 12.8. The van der Waals surface area contributed by atoms with Gasteiger partial charge in [0.1, 0.15) is 0 Å². The molecule has 2 nitrogen and oxygen atoms in total. The Morgan fingerprint density at radius 3 is 2.71 bits per heavy atom. The predicted molar refractivity (Wildman–Crippen MR) is 69.0 cm³/mol. The van der Waals surface area contributed by atoms with Gasteiger partial charge in [0.15, 0.2) is 11.6 Å². The molecule has 1 N–H and O–H groups in total. The summed E-state index contributed by atoms with van der Waals surface area (Å²) in [4.78, 5) is 0. The standard InChI is InChI=1S/C14H22FNO/c1-5-16-11(3)9-12(4)17-14-8-10(2)6-7-13(14)15/h6-8,11-12,16H,5,9H2,1-4H3. The number of ether oxygens (including phenoxy) is 1. The van der Waals surface area contributed by atoms with Crippen LogP contribution in [0.1, 0.15) is 32.8 Å². The van der Waals surface area contributed by atoms with Crippen molar-refractivity contribution < 1.29 is 9.13 Å². The van der Waals surface area contributed by atoms with Crippen molar-refractivity contribution in [2.24, 2.45) is 0 Å². The van der Waals surface area contributed by atoms with Crippen molar-refractivity contribution in [2.75, 3.05) is 6.54 Å². The van der Waals surface area contributed by atoms with E-state index in [9.17, 15) is 4.39 Å². The van der Waals surface area contributed by atoms with Crippen LogP contribution in [0.5, 0.6) is 5.75 Å². The number of hydrogen-bond donors (Lipinski definition) is 1. The van der Waals surface area contributed by atoms with Crippen molar-refractivity contribution in [1.29, 1.82) is 0 Å². The van der Waals surface area contributed by atoms with Crippen LogP contribution in [0.2, 0.25) is 0 Å². The van der Waals surface area contributed by atoms with Crippen LogP contribution in [0.3, 0.4) is 0 Å². The number of halogens is 1. The largest absolute Gasteiger partial charge is 0.488 e. The number of benzene rings is 1. The lowest BCUT2D eigenvalue weighted by molar-refractivity contribution is 0.188. The van der Waals surface area contributed by atoms with E-state index in [4.69, 9.17) is 4.74 Å². The second kappa shape index (κ2) is 6.60. The molecule has 3 heteroatoms. The summed E-state index contributed by atoms with van der Waals surface area (Å²) in [7, 11) is 0. The Hall–Kier alpha value is -1.09. The smallest absolute Gasteiger partial charge is 0.165 e. The summed E-state index contributed by atoms with van der Waals surface area (Å²) in [5.41, 5.74) is 1.01. The Morgan fingerprint density at radius 2 is 2.06 bits per heavy atom. The van der Waals surface area contributed by atoms with Crippen molar-refractivity contribution in [3.05, 3.63) is 29.6 Å². The topological polar surface area (TPSA) is 21.3 Å². The lowest BCUT2D eigenvalue weighted by Crippen LogP contribution is -2.30. The quantitative estimate of drug-likeness (QED) is 0.822. The van der Waals surface area contributed by atoms with E-state index in [1.54, 1.807) is 12.1 Å². The maximum absolute atomic E-state index is 13.5. The van der Waals surface area contributed by atoms with Gasteiger partial charge in [0.2, 0.25) is 0 Å². The molecule has 0 saturated carbocycles. The molecule has 0 aliphatic heterocycles. The molecule has 0 radical (unpaired) electrons. The van der Waals surface area contributed by atoms with Gasteiger partial charge in [0.25, 0.3) is 0 Å². The molecule has 0 amide bonds. The summed E-state index contributed by atoms with van der Waals surface area (Å²) in [5.74, 6) is 0.0553. The molecule has 1 aromatic rings. The van der Waals surface area contributed by atoms with Crippen LogP contribution in [-0.2, 0) is 0 Å².